The summed E-state index contributed by atoms with van der Waals surface area (Å²) >= 11 is 0. The Hall–Kier alpha value is -3.09. The number of ether oxygens (including phenoxy) is 5. The van der Waals surface area contributed by atoms with Crippen molar-refractivity contribution in [3.05, 3.63) is 70.3 Å². The van der Waals surface area contributed by atoms with Crippen molar-refractivity contribution >= 4 is 18.1 Å². The molecule has 0 fully saturated rings. The second-order valence-corrected chi connectivity index (χ2v) is 6.99. The topological polar surface area (TPSA) is 63.2 Å². The average Bonchev–Trinajstić information content (AvgIpc) is 2.78. The molecule has 0 aliphatic heterocycles. The third-order valence-corrected chi connectivity index (χ3v) is 4.42. The van der Waals surface area contributed by atoms with E-state index in [0.29, 0.717) is 23.5 Å². The van der Waals surface area contributed by atoms with Crippen molar-refractivity contribution < 1.29 is 28.5 Å². The molecule has 0 N–H and O–H groups in total. The molecule has 6 heteroatoms. The fourth-order valence-electron chi connectivity index (χ4n) is 2.84. The molecule has 0 aliphatic rings. The molecule has 0 bridgehead atoms. The number of benzene rings is 2. The highest BCUT2D eigenvalue weighted by atomic mass is 16.7. The zero-order valence-corrected chi connectivity index (χ0v) is 18.8. The van der Waals surface area contributed by atoms with Crippen LogP contribution in [0.4, 0.5) is 0 Å². The van der Waals surface area contributed by atoms with Gasteiger partial charge in [0.15, 0.2) is 25.1 Å². The van der Waals surface area contributed by atoms with Crippen LogP contribution in [-0.4, -0.2) is 40.9 Å². The summed E-state index contributed by atoms with van der Waals surface area (Å²) in [6.07, 6.45) is 6.81. The zero-order chi connectivity index (χ0) is 22.6. The molecule has 2 aromatic carbocycles. The van der Waals surface area contributed by atoms with Gasteiger partial charge in [0.2, 0.25) is 0 Å². The lowest BCUT2D eigenvalue weighted by Crippen LogP contribution is -2.07. The van der Waals surface area contributed by atoms with Crippen LogP contribution in [0.25, 0.3) is 12.2 Å². The molecule has 0 radical (unpaired) electrons. The molecule has 2 rings (SSSR count). The molecular weight excluding hydrogens is 396 g/mol. The molecule has 0 amide bonds. The van der Waals surface area contributed by atoms with Gasteiger partial charge in [0.25, 0.3) is 0 Å². The van der Waals surface area contributed by atoms with Crippen molar-refractivity contribution in [1.82, 2.24) is 0 Å². The minimum Gasteiger partial charge on any atom is -0.465 e. The van der Waals surface area contributed by atoms with Crippen LogP contribution < -0.4 is 9.47 Å². The third kappa shape index (κ3) is 7.27. The summed E-state index contributed by atoms with van der Waals surface area (Å²) in [6.45, 7) is 4.33. The third-order valence-electron chi connectivity index (χ3n) is 4.42. The van der Waals surface area contributed by atoms with E-state index < -0.39 is 0 Å². The van der Waals surface area contributed by atoms with E-state index in [-0.39, 0.29) is 19.6 Å². The Bertz CT molecular complexity index is 908. The largest absolute Gasteiger partial charge is 0.465 e. The summed E-state index contributed by atoms with van der Waals surface area (Å²) in [7, 11) is 4.52. The van der Waals surface area contributed by atoms with E-state index in [1.165, 1.54) is 12.7 Å². The van der Waals surface area contributed by atoms with E-state index in [2.05, 4.69) is 19.9 Å². The van der Waals surface area contributed by atoms with Crippen molar-refractivity contribution in [2.75, 3.05) is 34.9 Å². The Morgan fingerprint density at radius 3 is 2.16 bits per heavy atom. The van der Waals surface area contributed by atoms with Crippen molar-refractivity contribution in [1.29, 1.82) is 0 Å². The highest BCUT2D eigenvalue weighted by Gasteiger charge is 2.15. The lowest BCUT2D eigenvalue weighted by molar-refractivity contribution is 0.0318. The number of methoxy groups -OCH3 is 3. The lowest BCUT2D eigenvalue weighted by atomic mass is 10.00. The molecule has 2 aromatic rings. The summed E-state index contributed by atoms with van der Waals surface area (Å²) < 4.78 is 26.5. The Kier molecular flexibility index (Phi) is 9.81. The summed E-state index contributed by atoms with van der Waals surface area (Å²) in [6, 6.07) is 11.1. The molecule has 0 aliphatic carbocycles. The maximum absolute atomic E-state index is 11.6. The second kappa shape index (κ2) is 12.6. The first-order valence-electron chi connectivity index (χ1n) is 9.89. The van der Waals surface area contributed by atoms with Gasteiger partial charge in [0.1, 0.15) is 0 Å². The normalized spacial score (nSPS) is 10.7. The number of carbonyl (C=O) groups excluding carboxylic acids is 1. The SMILES string of the molecule is COCOc1ccc(C=Cc2ccc(C(=O)OC)cc2)c(CC=C(C)C)c1OCOC. The predicted molar refractivity (Wildman–Crippen MR) is 121 cm³/mol. The standard InChI is InChI=1S/C25H30O6/c1-18(2)6-14-22-20(10-7-19-8-11-21(12-9-19)25(26)29-5)13-15-23(30-16-27-3)24(22)31-17-28-4/h6-13,15H,14,16-17H2,1-5H3. The molecule has 31 heavy (non-hydrogen) atoms. The van der Waals surface area contributed by atoms with E-state index in [1.54, 1.807) is 26.4 Å². The average molecular weight is 427 g/mol. The first-order valence-corrected chi connectivity index (χ1v) is 9.89. The minimum atomic E-state index is -0.355. The summed E-state index contributed by atoms with van der Waals surface area (Å²) in [5.41, 5.74) is 4.65. The number of esters is 1. The van der Waals surface area contributed by atoms with Crippen molar-refractivity contribution in [2.45, 2.75) is 20.3 Å². The molecule has 6 nitrogen and oxygen atoms in total. The fraction of sp³-hybridized carbons (Fsp3) is 0.320. The van der Waals surface area contributed by atoms with Crippen LogP contribution in [0.1, 0.15) is 40.9 Å². The van der Waals surface area contributed by atoms with Gasteiger partial charge in [-0.1, -0.05) is 42.0 Å². The van der Waals surface area contributed by atoms with Gasteiger partial charge in [0, 0.05) is 19.8 Å². The molecule has 0 spiro atoms. The predicted octanol–water partition coefficient (Wildman–Crippen LogP) is 5.12. The fourth-order valence-corrected chi connectivity index (χ4v) is 2.84. The first-order chi connectivity index (χ1) is 15.0. The van der Waals surface area contributed by atoms with E-state index in [0.717, 1.165) is 16.7 Å². The molecular formula is C25H30O6. The van der Waals surface area contributed by atoms with Gasteiger partial charge in [-0.05, 0) is 49.6 Å². The number of rotatable bonds is 11. The maximum Gasteiger partial charge on any atom is 0.337 e. The smallest absolute Gasteiger partial charge is 0.337 e. The Balaban J connectivity index is 2.42. The number of hydrogen-bond acceptors (Lipinski definition) is 6. The number of hydrogen-bond donors (Lipinski definition) is 0. The summed E-state index contributed by atoms with van der Waals surface area (Å²) in [5, 5.41) is 0. The number of allylic oxidation sites excluding steroid dienone is 2. The molecule has 0 heterocycles. The summed E-state index contributed by atoms with van der Waals surface area (Å²) in [4.78, 5) is 11.6. The molecule has 166 valence electrons. The van der Waals surface area contributed by atoms with E-state index in [1.807, 2.05) is 36.4 Å². The van der Waals surface area contributed by atoms with Crippen molar-refractivity contribution in [2.24, 2.45) is 0 Å². The molecule has 0 saturated carbocycles. The van der Waals surface area contributed by atoms with Crippen LogP contribution in [0.2, 0.25) is 0 Å². The van der Waals surface area contributed by atoms with E-state index in [4.69, 9.17) is 23.7 Å². The second-order valence-electron chi connectivity index (χ2n) is 6.99. The Morgan fingerprint density at radius 2 is 1.55 bits per heavy atom. The minimum absolute atomic E-state index is 0.104. The van der Waals surface area contributed by atoms with Crippen LogP contribution in [0.5, 0.6) is 11.5 Å². The van der Waals surface area contributed by atoms with Crippen molar-refractivity contribution in [3.63, 3.8) is 0 Å². The highest BCUT2D eigenvalue weighted by molar-refractivity contribution is 5.89. The zero-order valence-electron chi connectivity index (χ0n) is 18.8. The van der Waals surface area contributed by atoms with E-state index in [9.17, 15) is 4.79 Å². The van der Waals surface area contributed by atoms with Gasteiger partial charge in [-0.2, -0.15) is 0 Å². The molecule has 0 saturated heterocycles. The Morgan fingerprint density at radius 1 is 0.871 bits per heavy atom. The van der Waals surface area contributed by atoms with Crippen molar-refractivity contribution in [3.8, 4) is 11.5 Å². The number of carbonyl (C=O) groups is 1. The van der Waals surface area contributed by atoms with Crippen LogP contribution >= 0.6 is 0 Å². The molecule has 0 aromatic heterocycles. The van der Waals surface area contributed by atoms with Crippen LogP contribution in [0.3, 0.4) is 0 Å². The van der Waals surface area contributed by atoms with Crippen LogP contribution in [0, 0.1) is 0 Å². The van der Waals surface area contributed by atoms with Gasteiger partial charge in [-0.15, -0.1) is 0 Å². The van der Waals surface area contributed by atoms with Gasteiger partial charge < -0.3 is 23.7 Å². The molecule has 0 unspecified atom stereocenters. The first kappa shape index (κ1) is 24.2. The summed E-state index contributed by atoms with van der Waals surface area (Å²) in [5.74, 6) is 0.862. The molecule has 0 atom stereocenters. The van der Waals surface area contributed by atoms with E-state index >= 15 is 0 Å². The van der Waals surface area contributed by atoms with Gasteiger partial charge in [-0.3, -0.25) is 0 Å². The lowest BCUT2D eigenvalue weighted by Gasteiger charge is -2.17. The van der Waals surface area contributed by atoms with Gasteiger partial charge in [-0.25, -0.2) is 4.79 Å². The van der Waals surface area contributed by atoms with Gasteiger partial charge >= 0.3 is 5.97 Å². The quantitative estimate of drug-likeness (QED) is 0.215. The van der Waals surface area contributed by atoms with Crippen LogP contribution in [0.15, 0.2) is 48.0 Å². The maximum atomic E-state index is 11.6. The Labute approximate surface area is 184 Å². The van der Waals surface area contributed by atoms with Crippen LogP contribution in [-0.2, 0) is 20.6 Å². The monoisotopic (exact) mass is 426 g/mol. The highest BCUT2D eigenvalue weighted by Crippen LogP contribution is 2.36. The van der Waals surface area contributed by atoms with Gasteiger partial charge in [0.05, 0.1) is 12.7 Å².